The van der Waals surface area contributed by atoms with Crippen molar-refractivity contribution in [3.05, 3.63) is 35.9 Å². The molecule has 0 saturated heterocycles. The van der Waals surface area contributed by atoms with E-state index in [9.17, 15) is 9.59 Å². The Labute approximate surface area is 130 Å². The number of hydrogen-bond acceptors (Lipinski definition) is 2. The van der Waals surface area contributed by atoms with E-state index in [2.05, 4.69) is 17.4 Å². The molecule has 0 aromatic heterocycles. The SMILES string of the molecule is O=C(O)C1CCC(NC(=O)C2(Cc3ccccc3)CC2)CC1. The monoisotopic (exact) mass is 301 g/mol. The summed E-state index contributed by atoms with van der Waals surface area (Å²) >= 11 is 0. The summed E-state index contributed by atoms with van der Waals surface area (Å²) in [5.74, 6) is -0.769. The Bertz CT molecular complexity index is 543. The summed E-state index contributed by atoms with van der Waals surface area (Å²) < 4.78 is 0. The Morgan fingerprint density at radius 3 is 2.27 bits per heavy atom. The number of benzene rings is 1. The molecule has 3 rings (SSSR count). The highest BCUT2D eigenvalue weighted by atomic mass is 16.4. The van der Waals surface area contributed by atoms with Gasteiger partial charge in [0.05, 0.1) is 11.3 Å². The van der Waals surface area contributed by atoms with Gasteiger partial charge < -0.3 is 10.4 Å². The summed E-state index contributed by atoms with van der Waals surface area (Å²) in [6.07, 6.45) is 5.63. The second-order valence-electron chi connectivity index (χ2n) is 6.80. The van der Waals surface area contributed by atoms with Crippen molar-refractivity contribution < 1.29 is 14.7 Å². The maximum Gasteiger partial charge on any atom is 0.306 e. The molecule has 0 atom stereocenters. The molecule has 0 unspecified atom stereocenters. The van der Waals surface area contributed by atoms with Gasteiger partial charge in [-0.25, -0.2) is 0 Å². The van der Waals surface area contributed by atoms with E-state index in [1.807, 2.05) is 18.2 Å². The standard InChI is InChI=1S/C18H23NO3/c20-16(21)14-6-8-15(9-7-14)19-17(22)18(10-11-18)12-13-4-2-1-3-5-13/h1-5,14-15H,6-12H2,(H,19,22)(H,20,21). The number of nitrogens with one attached hydrogen (secondary N) is 1. The molecule has 4 nitrogen and oxygen atoms in total. The van der Waals surface area contributed by atoms with Gasteiger partial charge in [0.15, 0.2) is 0 Å². The molecule has 118 valence electrons. The average molecular weight is 301 g/mol. The molecule has 4 heteroatoms. The number of carbonyl (C=O) groups excluding carboxylic acids is 1. The minimum atomic E-state index is -0.701. The first-order valence-corrected chi connectivity index (χ1v) is 8.17. The van der Waals surface area contributed by atoms with Gasteiger partial charge in [0.2, 0.25) is 5.91 Å². The molecule has 0 aliphatic heterocycles. The molecule has 1 aromatic rings. The Morgan fingerprint density at radius 1 is 1.09 bits per heavy atom. The highest BCUT2D eigenvalue weighted by molar-refractivity contribution is 5.86. The normalized spacial score (nSPS) is 26.2. The smallest absolute Gasteiger partial charge is 0.306 e. The largest absolute Gasteiger partial charge is 0.481 e. The van der Waals surface area contributed by atoms with Crippen molar-refractivity contribution in [2.24, 2.45) is 11.3 Å². The summed E-state index contributed by atoms with van der Waals surface area (Å²) in [7, 11) is 0. The topological polar surface area (TPSA) is 66.4 Å². The zero-order chi connectivity index (χ0) is 15.6. The van der Waals surface area contributed by atoms with Crippen LogP contribution in [0.5, 0.6) is 0 Å². The van der Waals surface area contributed by atoms with Crippen LogP contribution in [0.2, 0.25) is 0 Å². The van der Waals surface area contributed by atoms with Crippen molar-refractivity contribution in [3.8, 4) is 0 Å². The summed E-state index contributed by atoms with van der Waals surface area (Å²) in [5, 5.41) is 12.2. The van der Waals surface area contributed by atoms with E-state index in [1.54, 1.807) is 0 Å². The van der Waals surface area contributed by atoms with E-state index >= 15 is 0 Å². The third-order valence-corrected chi connectivity index (χ3v) is 5.13. The number of aliphatic carboxylic acids is 1. The van der Waals surface area contributed by atoms with Gasteiger partial charge in [-0.2, -0.15) is 0 Å². The van der Waals surface area contributed by atoms with E-state index in [1.165, 1.54) is 5.56 Å². The number of amides is 1. The molecule has 2 saturated carbocycles. The fourth-order valence-corrected chi connectivity index (χ4v) is 3.44. The first kappa shape index (κ1) is 15.1. The van der Waals surface area contributed by atoms with Crippen molar-refractivity contribution in [2.45, 2.75) is 51.0 Å². The van der Waals surface area contributed by atoms with Crippen LogP contribution >= 0.6 is 0 Å². The fraction of sp³-hybridized carbons (Fsp3) is 0.556. The number of hydrogen-bond donors (Lipinski definition) is 2. The lowest BCUT2D eigenvalue weighted by Crippen LogP contribution is -2.43. The number of rotatable bonds is 5. The highest BCUT2D eigenvalue weighted by Gasteiger charge is 2.50. The first-order chi connectivity index (χ1) is 10.6. The maximum atomic E-state index is 12.6. The third kappa shape index (κ3) is 3.32. The van der Waals surface area contributed by atoms with Crippen LogP contribution in [0.25, 0.3) is 0 Å². The molecule has 0 spiro atoms. The van der Waals surface area contributed by atoms with E-state index in [4.69, 9.17) is 5.11 Å². The van der Waals surface area contributed by atoms with Crippen LogP contribution in [0.4, 0.5) is 0 Å². The number of carboxylic acid groups (broad SMARTS) is 1. The maximum absolute atomic E-state index is 12.6. The van der Waals surface area contributed by atoms with Gasteiger partial charge >= 0.3 is 5.97 Å². The summed E-state index contributed by atoms with van der Waals surface area (Å²) in [6, 6.07) is 10.3. The predicted octanol–water partition coefficient (Wildman–Crippen LogP) is 2.77. The minimum absolute atomic E-state index is 0.149. The van der Waals surface area contributed by atoms with Crippen molar-refractivity contribution >= 4 is 11.9 Å². The number of carboxylic acids is 1. The molecule has 1 aromatic carbocycles. The Hall–Kier alpha value is -1.84. The predicted molar refractivity (Wildman–Crippen MR) is 83.3 cm³/mol. The molecule has 2 N–H and O–H groups in total. The van der Waals surface area contributed by atoms with Crippen molar-refractivity contribution in [1.29, 1.82) is 0 Å². The summed E-state index contributed by atoms with van der Waals surface area (Å²) in [6.45, 7) is 0. The second-order valence-corrected chi connectivity index (χ2v) is 6.80. The first-order valence-electron chi connectivity index (χ1n) is 8.17. The molecule has 0 radical (unpaired) electrons. The van der Waals surface area contributed by atoms with Crippen LogP contribution < -0.4 is 5.32 Å². The van der Waals surface area contributed by atoms with Crippen molar-refractivity contribution in [1.82, 2.24) is 5.32 Å². The van der Waals surface area contributed by atoms with Gasteiger partial charge in [0, 0.05) is 6.04 Å². The Morgan fingerprint density at radius 2 is 1.73 bits per heavy atom. The second kappa shape index (κ2) is 6.11. The van der Waals surface area contributed by atoms with Gasteiger partial charge in [-0.05, 0) is 50.5 Å². The van der Waals surface area contributed by atoms with Crippen LogP contribution in [0.1, 0.15) is 44.1 Å². The Balaban J connectivity index is 1.53. The molecule has 0 heterocycles. The van der Waals surface area contributed by atoms with E-state index in [0.717, 1.165) is 32.1 Å². The van der Waals surface area contributed by atoms with Gasteiger partial charge in [-0.1, -0.05) is 30.3 Å². The van der Waals surface area contributed by atoms with Gasteiger partial charge in [-0.15, -0.1) is 0 Å². The molecule has 2 aliphatic rings. The highest BCUT2D eigenvalue weighted by Crippen LogP contribution is 2.48. The van der Waals surface area contributed by atoms with E-state index in [-0.39, 0.29) is 23.3 Å². The lowest BCUT2D eigenvalue weighted by atomic mass is 9.85. The lowest BCUT2D eigenvalue weighted by molar-refractivity contribution is -0.142. The van der Waals surface area contributed by atoms with Gasteiger partial charge in [0.25, 0.3) is 0 Å². The quantitative estimate of drug-likeness (QED) is 0.879. The van der Waals surface area contributed by atoms with E-state index < -0.39 is 5.97 Å². The van der Waals surface area contributed by atoms with Crippen LogP contribution in [0.15, 0.2) is 30.3 Å². The molecular formula is C18H23NO3. The Kier molecular flexibility index (Phi) is 4.19. The van der Waals surface area contributed by atoms with Crippen LogP contribution in [0.3, 0.4) is 0 Å². The van der Waals surface area contributed by atoms with Gasteiger partial charge in [0.1, 0.15) is 0 Å². The van der Waals surface area contributed by atoms with Crippen LogP contribution in [-0.2, 0) is 16.0 Å². The van der Waals surface area contributed by atoms with Crippen molar-refractivity contribution in [2.75, 3.05) is 0 Å². The number of carbonyl (C=O) groups is 2. The zero-order valence-corrected chi connectivity index (χ0v) is 12.8. The summed E-state index contributed by atoms with van der Waals surface area (Å²) in [5.41, 5.74) is 0.995. The van der Waals surface area contributed by atoms with E-state index in [0.29, 0.717) is 12.8 Å². The lowest BCUT2D eigenvalue weighted by Gasteiger charge is -2.28. The van der Waals surface area contributed by atoms with Crippen molar-refractivity contribution in [3.63, 3.8) is 0 Å². The summed E-state index contributed by atoms with van der Waals surface area (Å²) in [4.78, 5) is 23.6. The van der Waals surface area contributed by atoms with Crippen LogP contribution in [-0.4, -0.2) is 23.0 Å². The minimum Gasteiger partial charge on any atom is -0.481 e. The third-order valence-electron chi connectivity index (χ3n) is 5.13. The zero-order valence-electron chi connectivity index (χ0n) is 12.8. The average Bonchev–Trinajstić information content (AvgIpc) is 3.30. The fourth-order valence-electron chi connectivity index (χ4n) is 3.44. The molecule has 1 amide bonds. The molecule has 0 bridgehead atoms. The molecule has 2 fully saturated rings. The van der Waals surface area contributed by atoms with Crippen LogP contribution in [0, 0.1) is 11.3 Å². The van der Waals surface area contributed by atoms with Gasteiger partial charge in [-0.3, -0.25) is 9.59 Å². The molecular weight excluding hydrogens is 278 g/mol. The molecule has 22 heavy (non-hydrogen) atoms. The molecule has 2 aliphatic carbocycles.